The Bertz CT molecular complexity index is 734. The SMILES string of the molecule is COc1ccc(CCNC(=O)/C(C#N)=C\N2CCN(C=O)CC2)cc1OC. The Morgan fingerprint density at radius 3 is 2.44 bits per heavy atom. The van der Waals surface area contributed by atoms with Gasteiger partial charge in [0, 0.05) is 38.9 Å². The molecule has 0 radical (unpaired) electrons. The number of nitrogens with zero attached hydrogens (tertiary/aromatic N) is 3. The van der Waals surface area contributed by atoms with Crippen LogP contribution < -0.4 is 14.8 Å². The summed E-state index contributed by atoms with van der Waals surface area (Å²) in [6.45, 7) is 2.76. The summed E-state index contributed by atoms with van der Waals surface area (Å²) < 4.78 is 10.5. The van der Waals surface area contributed by atoms with Gasteiger partial charge in [0.05, 0.1) is 14.2 Å². The van der Waals surface area contributed by atoms with Crippen LogP contribution in [-0.4, -0.2) is 69.1 Å². The Morgan fingerprint density at radius 2 is 1.85 bits per heavy atom. The maximum absolute atomic E-state index is 12.2. The van der Waals surface area contributed by atoms with Crippen molar-refractivity contribution in [3.8, 4) is 17.6 Å². The summed E-state index contributed by atoms with van der Waals surface area (Å²) >= 11 is 0. The number of ether oxygens (including phenoxy) is 2. The van der Waals surface area contributed by atoms with Gasteiger partial charge in [-0.1, -0.05) is 6.07 Å². The number of methoxy groups -OCH3 is 2. The quantitative estimate of drug-likeness (QED) is 0.407. The van der Waals surface area contributed by atoms with Crippen molar-refractivity contribution >= 4 is 12.3 Å². The van der Waals surface area contributed by atoms with Gasteiger partial charge in [0.1, 0.15) is 11.6 Å². The molecule has 1 aromatic carbocycles. The summed E-state index contributed by atoms with van der Waals surface area (Å²) in [7, 11) is 3.15. The van der Waals surface area contributed by atoms with Crippen LogP contribution in [0.15, 0.2) is 30.0 Å². The first kappa shape index (κ1) is 20.1. The molecule has 0 atom stereocenters. The molecule has 1 aliphatic heterocycles. The van der Waals surface area contributed by atoms with Crippen molar-refractivity contribution < 1.29 is 19.1 Å². The van der Waals surface area contributed by atoms with E-state index >= 15 is 0 Å². The number of nitrogens with one attached hydrogen (secondary N) is 1. The number of hydrogen-bond acceptors (Lipinski definition) is 6. The highest BCUT2D eigenvalue weighted by Crippen LogP contribution is 2.27. The lowest BCUT2D eigenvalue weighted by Gasteiger charge is -2.31. The first-order valence-corrected chi connectivity index (χ1v) is 8.65. The van der Waals surface area contributed by atoms with Gasteiger partial charge in [-0.25, -0.2) is 0 Å². The molecular weight excluding hydrogens is 348 g/mol. The van der Waals surface area contributed by atoms with E-state index in [0.717, 1.165) is 12.0 Å². The van der Waals surface area contributed by atoms with Crippen LogP contribution in [0.5, 0.6) is 11.5 Å². The van der Waals surface area contributed by atoms with Gasteiger partial charge in [-0.3, -0.25) is 9.59 Å². The van der Waals surface area contributed by atoms with Crippen molar-refractivity contribution in [2.75, 3.05) is 46.9 Å². The zero-order chi connectivity index (χ0) is 19.6. The molecule has 144 valence electrons. The van der Waals surface area contributed by atoms with Crippen molar-refractivity contribution in [2.45, 2.75) is 6.42 Å². The molecule has 8 nitrogen and oxygen atoms in total. The van der Waals surface area contributed by atoms with Crippen molar-refractivity contribution in [1.82, 2.24) is 15.1 Å². The molecule has 1 N–H and O–H groups in total. The number of amides is 2. The van der Waals surface area contributed by atoms with Crippen LogP contribution in [0.1, 0.15) is 5.56 Å². The second-order valence-corrected chi connectivity index (χ2v) is 6.03. The van der Waals surface area contributed by atoms with Gasteiger partial charge in [-0.15, -0.1) is 0 Å². The lowest BCUT2D eigenvalue weighted by atomic mass is 10.1. The molecule has 1 aliphatic rings. The fourth-order valence-corrected chi connectivity index (χ4v) is 2.74. The molecule has 0 aromatic heterocycles. The number of carbonyl (C=O) groups is 2. The van der Waals surface area contributed by atoms with Crippen LogP contribution in [0.3, 0.4) is 0 Å². The smallest absolute Gasteiger partial charge is 0.263 e. The maximum atomic E-state index is 12.2. The Balaban J connectivity index is 1.87. The Kier molecular flexibility index (Phi) is 7.49. The van der Waals surface area contributed by atoms with Crippen LogP contribution >= 0.6 is 0 Å². The Morgan fingerprint density at radius 1 is 1.19 bits per heavy atom. The molecule has 0 aliphatic carbocycles. The number of benzene rings is 1. The zero-order valence-corrected chi connectivity index (χ0v) is 15.6. The third-order valence-corrected chi connectivity index (χ3v) is 4.32. The minimum absolute atomic E-state index is 0.0573. The predicted molar refractivity (Wildman–Crippen MR) is 99.2 cm³/mol. The highest BCUT2D eigenvalue weighted by molar-refractivity contribution is 5.97. The fraction of sp³-hybridized carbons (Fsp3) is 0.421. The van der Waals surface area contributed by atoms with Crippen molar-refractivity contribution in [1.29, 1.82) is 5.26 Å². The molecule has 0 spiro atoms. The van der Waals surface area contributed by atoms with Crippen LogP contribution in [0.25, 0.3) is 0 Å². The second-order valence-electron chi connectivity index (χ2n) is 6.03. The van der Waals surface area contributed by atoms with Crippen LogP contribution in [0.4, 0.5) is 0 Å². The molecule has 0 saturated carbocycles. The monoisotopic (exact) mass is 372 g/mol. The van der Waals surface area contributed by atoms with Crippen LogP contribution in [-0.2, 0) is 16.0 Å². The third-order valence-electron chi connectivity index (χ3n) is 4.32. The topological polar surface area (TPSA) is 94.9 Å². The summed E-state index contributed by atoms with van der Waals surface area (Å²) in [4.78, 5) is 26.5. The predicted octanol–water partition coefficient (Wildman–Crippen LogP) is 0.544. The van der Waals surface area contributed by atoms with Gasteiger partial charge in [0.25, 0.3) is 5.91 Å². The van der Waals surface area contributed by atoms with E-state index in [1.165, 1.54) is 0 Å². The average Bonchev–Trinajstić information content (AvgIpc) is 2.72. The number of rotatable bonds is 8. The summed E-state index contributed by atoms with van der Waals surface area (Å²) in [6, 6.07) is 7.52. The fourth-order valence-electron chi connectivity index (χ4n) is 2.74. The van der Waals surface area contributed by atoms with E-state index in [1.54, 1.807) is 25.3 Å². The highest BCUT2D eigenvalue weighted by atomic mass is 16.5. The Hall–Kier alpha value is -3.21. The third kappa shape index (κ3) is 5.64. The molecule has 2 rings (SSSR count). The van der Waals surface area contributed by atoms with Crippen molar-refractivity contribution in [3.05, 3.63) is 35.5 Å². The van der Waals surface area contributed by atoms with E-state index in [0.29, 0.717) is 50.6 Å². The van der Waals surface area contributed by atoms with Gasteiger partial charge >= 0.3 is 0 Å². The van der Waals surface area contributed by atoms with Crippen molar-refractivity contribution in [2.24, 2.45) is 0 Å². The maximum Gasteiger partial charge on any atom is 0.263 e. The largest absolute Gasteiger partial charge is 0.493 e. The van der Waals surface area contributed by atoms with Gasteiger partial charge in [0.15, 0.2) is 11.5 Å². The summed E-state index contributed by atoms with van der Waals surface area (Å²) in [5.74, 6) is 0.874. The normalized spacial score (nSPS) is 14.3. The van der Waals surface area contributed by atoms with Gasteiger partial charge in [-0.05, 0) is 24.1 Å². The summed E-state index contributed by atoms with van der Waals surface area (Å²) in [6.07, 6.45) is 2.98. The molecule has 1 heterocycles. The minimum atomic E-state index is -0.407. The zero-order valence-electron chi connectivity index (χ0n) is 15.6. The molecule has 1 fully saturated rings. The molecule has 1 aromatic rings. The van der Waals surface area contributed by atoms with E-state index in [4.69, 9.17) is 9.47 Å². The molecular formula is C19H24N4O4. The van der Waals surface area contributed by atoms with Crippen molar-refractivity contribution in [3.63, 3.8) is 0 Å². The second kappa shape index (κ2) is 10.1. The number of hydrogen-bond donors (Lipinski definition) is 1. The standard InChI is InChI=1S/C19H24N4O4/c1-26-17-4-3-15(11-18(17)27-2)5-6-21-19(25)16(12-20)13-22-7-9-23(14-24)10-8-22/h3-4,11,13-14H,5-10H2,1-2H3,(H,21,25)/b16-13-. The van der Waals surface area contributed by atoms with Crippen LogP contribution in [0, 0.1) is 11.3 Å². The first-order valence-electron chi connectivity index (χ1n) is 8.65. The Labute approximate surface area is 158 Å². The minimum Gasteiger partial charge on any atom is -0.493 e. The molecule has 0 unspecified atom stereocenters. The van der Waals surface area contributed by atoms with Gasteiger partial charge in [0.2, 0.25) is 6.41 Å². The van der Waals surface area contributed by atoms with E-state index in [9.17, 15) is 14.9 Å². The molecule has 1 saturated heterocycles. The number of nitriles is 1. The summed E-state index contributed by atoms with van der Waals surface area (Å²) in [5.41, 5.74) is 1.04. The van der Waals surface area contributed by atoms with E-state index in [2.05, 4.69) is 5.32 Å². The molecule has 27 heavy (non-hydrogen) atoms. The van der Waals surface area contributed by atoms with Gasteiger partial charge in [-0.2, -0.15) is 5.26 Å². The number of carbonyl (C=O) groups excluding carboxylic acids is 2. The highest BCUT2D eigenvalue weighted by Gasteiger charge is 2.16. The van der Waals surface area contributed by atoms with E-state index in [-0.39, 0.29) is 5.57 Å². The molecule has 0 bridgehead atoms. The molecule has 8 heteroatoms. The van der Waals surface area contributed by atoms with E-state index in [1.807, 2.05) is 29.2 Å². The van der Waals surface area contributed by atoms with E-state index < -0.39 is 5.91 Å². The lowest BCUT2D eigenvalue weighted by molar-refractivity contribution is -0.119. The average molecular weight is 372 g/mol. The number of piperazine rings is 1. The molecule has 2 amide bonds. The van der Waals surface area contributed by atoms with Crippen LogP contribution in [0.2, 0.25) is 0 Å². The summed E-state index contributed by atoms with van der Waals surface area (Å²) in [5, 5.41) is 12.0. The first-order chi connectivity index (χ1) is 13.1. The lowest BCUT2D eigenvalue weighted by Crippen LogP contribution is -2.43. The van der Waals surface area contributed by atoms with Gasteiger partial charge < -0.3 is 24.6 Å².